The highest BCUT2D eigenvalue weighted by Crippen LogP contribution is 2.20. The summed E-state index contributed by atoms with van der Waals surface area (Å²) in [5.41, 5.74) is 2.19. The fourth-order valence-corrected chi connectivity index (χ4v) is 1.82. The number of carbonyl (C=O) groups excluding carboxylic acids is 1. The van der Waals surface area contributed by atoms with Gasteiger partial charge in [0.2, 0.25) is 0 Å². The highest BCUT2D eigenvalue weighted by atomic mass is 16.6. The molecule has 108 valence electrons. The van der Waals surface area contributed by atoms with Gasteiger partial charge < -0.3 is 4.74 Å². The largest absolute Gasteiger partial charge is 0.455 e. The van der Waals surface area contributed by atoms with Crippen molar-refractivity contribution in [3.8, 4) is 0 Å². The first kappa shape index (κ1) is 17.7. The summed E-state index contributed by atoms with van der Waals surface area (Å²) in [6.45, 7) is 13.5. The number of rotatable bonds is 8. The lowest BCUT2D eigenvalue weighted by atomic mass is 9.98. The van der Waals surface area contributed by atoms with Gasteiger partial charge in [0, 0.05) is 6.92 Å². The summed E-state index contributed by atoms with van der Waals surface area (Å²) >= 11 is 0. The minimum Gasteiger partial charge on any atom is -0.455 e. The zero-order chi connectivity index (χ0) is 14.9. The average molecular weight is 264 g/mol. The standard InChI is InChI=1S/C17H28O2/c1-7-17(6,19-16(5)18)13-9-12-15(4)11-8-10-14(2)3/h7,10,12H,1,8-9,11,13H2,2-6H3/t17-/m1/s1. The summed E-state index contributed by atoms with van der Waals surface area (Å²) in [6.07, 6.45) is 10.0. The molecule has 0 rings (SSSR count). The molecule has 0 aliphatic heterocycles. The van der Waals surface area contributed by atoms with Gasteiger partial charge in [0.15, 0.2) is 0 Å². The molecule has 0 saturated heterocycles. The lowest BCUT2D eigenvalue weighted by Gasteiger charge is -2.24. The molecule has 0 heterocycles. The van der Waals surface area contributed by atoms with Crippen molar-refractivity contribution >= 4 is 5.97 Å². The van der Waals surface area contributed by atoms with Crippen molar-refractivity contribution in [3.05, 3.63) is 36.0 Å². The number of esters is 1. The molecule has 0 aromatic carbocycles. The summed E-state index contributed by atoms with van der Waals surface area (Å²) in [5, 5.41) is 0. The Kier molecular flexibility index (Phi) is 8.13. The molecule has 2 heteroatoms. The molecular weight excluding hydrogens is 236 g/mol. The third-order valence-electron chi connectivity index (χ3n) is 3.03. The molecule has 19 heavy (non-hydrogen) atoms. The van der Waals surface area contributed by atoms with Gasteiger partial charge in [-0.05, 0) is 59.5 Å². The van der Waals surface area contributed by atoms with Crippen molar-refractivity contribution in [2.24, 2.45) is 0 Å². The Labute approximate surface area is 118 Å². The van der Waals surface area contributed by atoms with E-state index in [1.165, 1.54) is 18.1 Å². The van der Waals surface area contributed by atoms with Gasteiger partial charge in [0.1, 0.15) is 5.60 Å². The van der Waals surface area contributed by atoms with Crippen LogP contribution in [0.4, 0.5) is 0 Å². The van der Waals surface area contributed by atoms with Gasteiger partial charge in [-0.2, -0.15) is 0 Å². The second kappa shape index (κ2) is 8.73. The summed E-state index contributed by atoms with van der Waals surface area (Å²) in [7, 11) is 0. The van der Waals surface area contributed by atoms with Crippen LogP contribution >= 0.6 is 0 Å². The summed E-state index contributed by atoms with van der Waals surface area (Å²) in [5.74, 6) is -0.258. The Balaban J connectivity index is 4.20. The average Bonchev–Trinajstić information content (AvgIpc) is 2.27. The smallest absolute Gasteiger partial charge is 0.303 e. The van der Waals surface area contributed by atoms with Crippen LogP contribution in [-0.2, 0) is 9.53 Å². The Morgan fingerprint density at radius 3 is 2.26 bits per heavy atom. The summed E-state index contributed by atoms with van der Waals surface area (Å²) < 4.78 is 5.29. The molecule has 0 unspecified atom stereocenters. The topological polar surface area (TPSA) is 26.3 Å². The lowest BCUT2D eigenvalue weighted by molar-refractivity contribution is -0.151. The molecule has 0 aliphatic carbocycles. The monoisotopic (exact) mass is 264 g/mol. The second-order valence-corrected chi connectivity index (χ2v) is 5.52. The van der Waals surface area contributed by atoms with Gasteiger partial charge in [-0.25, -0.2) is 0 Å². The Bertz CT molecular complexity index is 359. The molecule has 0 radical (unpaired) electrons. The van der Waals surface area contributed by atoms with Crippen LogP contribution < -0.4 is 0 Å². The van der Waals surface area contributed by atoms with Gasteiger partial charge in [-0.1, -0.05) is 29.9 Å². The highest BCUT2D eigenvalue weighted by molar-refractivity contribution is 5.66. The van der Waals surface area contributed by atoms with E-state index in [1.54, 1.807) is 6.08 Å². The fourth-order valence-electron chi connectivity index (χ4n) is 1.82. The summed E-state index contributed by atoms with van der Waals surface area (Å²) in [4.78, 5) is 11.0. The van der Waals surface area contributed by atoms with Crippen molar-refractivity contribution in [1.82, 2.24) is 0 Å². The lowest BCUT2D eigenvalue weighted by Crippen LogP contribution is -2.27. The predicted octanol–water partition coefficient (Wildman–Crippen LogP) is 4.97. The van der Waals surface area contributed by atoms with E-state index in [9.17, 15) is 4.79 Å². The maximum atomic E-state index is 11.0. The molecule has 0 fully saturated rings. The molecule has 0 aromatic rings. The van der Waals surface area contributed by atoms with E-state index in [0.29, 0.717) is 0 Å². The van der Waals surface area contributed by atoms with Crippen LogP contribution in [0.3, 0.4) is 0 Å². The van der Waals surface area contributed by atoms with Crippen LogP contribution in [0, 0.1) is 0 Å². The van der Waals surface area contributed by atoms with Gasteiger partial charge in [-0.15, -0.1) is 0 Å². The molecule has 0 aromatic heterocycles. The molecule has 0 bridgehead atoms. The zero-order valence-electron chi connectivity index (χ0n) is 13.1. The maximum Gasteiger partial charge on any atom is 0.303 e. The van der Waals surface area contributed by atoms with E-state index >= 15 is 0 Å². The van der Waals surface area contributed by atoms with Crippen molar-refractivity contribution in [2.75, 3.05) is 0 Å². The van der Waals surface area contributed by atoms with Crippen molar-refractivity contribution in [3.63, 3.8) is 0 Å². The minimum absolute atomic E-state index is 0.258. The first-order chi connectivity index (χ1) is 8.79. The normalized spacial score (nSPS) is 14.5. The number of carbonyl (C=O) groups is 1. The summed E-state index contributed by atoms with van der Waals surface area (Å²) in [6, 6.07) is 0. The predicted molar refractivity (Wildman–Crippen MR) is 82.0 cm³/mol. The SMILES string of the molecule is C=C[C@](C)(CCC=C(C)CCC=C(C)C)OC(C)=O. The Hall–Kier alpha value is -1.31. The van der Waals surface area contributed by atoms with Crippen LogP contribution in [0.2, 0.25) is 0 Å². The third kappa shape index (κ3) is 9.29. The van der Waals surface area contributed by atoms with Crippen LogP contribution in [-0.4, -0.2) is 11.6 Å². The van der Waals surface area contributed by atoms with E-state index in [-0.39, 0.29) is 5.97 Å². The van der Waals surface area contributed by atoms with E-state index in [2.05, 4.69) is 39.5 Å². The number of hydrogen-bond donors (Lipinski definition) is 0. The van der Waals surface area contributed by atoms with Crippen molar-refractivity contribution in [2.45, 2.75) is 65.9 Å². The van der Waals surface area contributed by atoms with Crippen molar-refractivity contribution < 1.29 is 9.53 Å². The minimum atomic E-state index is -0.553. The molecule has 0 saturated carbocycles. The second-order valence-electron chi connectivity index (χ2n) is 5.52. The zero-order valence-corrected chi connectivity index (χ0v) is 13.1. The molecular formula is C17H28O2. The van der Waals surface area contributed by atoms with Crippen LogP contribution in [0.1, 0.15) is 60.3 Å². The quantitative estimate of drug-likeness (QED) is 0.457. The maximum absolute atomic E-state index is 11.0. The van der Waals surface area contributed by atoms with Gasteiger partial charge in [0.25, 0.3) is 0 Å². The molecule has 0 N–H and O–H groups in total. The van der Waals surface area contributed by atoms with Gasteiger partial charge in [0.05, 0.1) is 0 Å². The van der Waals surface area contributed by atoms with E-state index < -0.39 is 5.60 Å². The number of ether oxygens (including phenoxy) is 1. The van der Waals surface area contributed by atoms with Crippen molar-refractivity contribution in [1.29, 1.82) is 0 Å². The molecule has 1 atom stereocenters. The molecule has 2 nitrogen and oxygen atoms in total. The number of hydrogen-bond acceptors (Lipinski definition) is 2. The first-order valence-electron chi connectivity index (χ1n) is 6.91. The van der Waals surface area contributed by atoms with E-state index in [0.717, 1.165) is 25.7 Å². The van der Waals surface area contributed by atoms with Crippen LogP contribution in [0.25, 0.3) is 0 Å². The van der Waals surface area contributed by atoms with E-state index in [4.69, 9.17) is 4.74 Å². The van der Waals surface area contributed by atoms with Crippen LogP contribution in [0.5, 0.6) is 0 Å². The van der Waals surface area contributed by atoms with Crippen LogP contribution in [0.15, 0.2) is 36.0 Å². The van der Waals surface area contributed by atoms with Gasteiger partial charge in [-0.3, -0.25) is 4.79 Å². The Morgan fingerprint density at radius 1 is 1.16 bits per heavy atom. The third-order valence-corrected chi connectivity index (χ3v) is 3.03. The Morgan fingerprint density at radius 2 is 1.79 bits per heavy atom. The van der Waals surface area contributed by atoms with Gasteiger partial charge >= 0.3 is 5.97 Å². The molecule has 0 spiro atoms. The fraction of sp³-hybridized carbons (Fsp3) is 0.588. The molecule has 0 aliphatic rings. The molecule has 0 amide bonds. The van der Waals surface area contributed by atoms with E-state index in [1.807, 2.05) is 6.92 Å². The number of allylic oxidation sites excluding steroid dienone is 4. The first-order valence-corrected chi connectivity index (χ1v) is 6.91. The highest BCUT2D eigenvalue weighted by Gasteiger charge is 2.22.